The van der Waals surface area contributed by atoms with E-state index in [1.165, 1.54) is 19.4 Å². The maximum absolute atomic E-state index is 12.6. The van der Waals surface area contributed by atoms with Crippen LogP contribution in [0.3, 0.4) is 0 Å². The Morgan fingerprint density at radius 2 is 1.97 bits per heavy atom. The standard InChI is InChI=1S/C22H23BrClN3O6/c1-12(2)19(26-21(30)14-5-4-6-15(24)9-14)22(31)27-25-10-13-7-16(23)20(17(8-13)32-3)33-11-18(28)29/h4-10,12,19H,11H2,1-3H3,(H,26,30)(H,27,31)(H,28,29)/b25-10+. The molecule has 0 heterocycles. The summed E-state index contributed by atoms with van der Waals surface area (Å²) < 4.78 is 10.9. The predicted octanol–water partition coefficient (Wildman–Crippen LogP) is 3.48. The highest BCUT2D eigenvalue weighted by Gasteiger charge is 2.24. The number of rotatable bonds is 10. The number of hydrogen-bond acceptors (Lipinski definition) is 6. The van der Waals surface area contributed by atoms with Crippen LogP contribution in [0.2, 0.25) is 5.02 Å². The van der Waals surface area contributed by atoms with Gasteiger partial charge in [0.25, 0.3) is 11.8 Å². The summed E-state index contributed by atoms with van der Waals surface area (Å²) in [4.78, 5) is 35.9. The summed E-state index contributed by atoms with van der Waals surface area (Å²) in [7, 11) is 1.41. The van der Waals surface area contributed by atoms with Gasteiger partial charge in [0.15, 0.2) is 18.1 Å². The van der Waals surface area contributed by atoms with Gasteiger partial charge in [-0.3, -0.25) is 9.59 Å². The minimum Gasteiger partial charge on any atom is -0.493 e. The number of carbonyl (C=O) groups excluding carboxylic acids is 2. The summed E-state index contributed by atoms with van der Waals surface area (Å²) in [6.45, 7) is 3.06. The van der Waals surface area contributed by atoms with Gasteiger partial charge in [0.05, 0.1) is 17.8 Å². The molecule has 9 nitrogen and oxygen atoms in total. The average Bonchev–Trinajstić information content (AvgIpc) is 2.75. The molecule has 3 N–H and O–H groups in total. The molecule has 0 bridgehead atoms. The van der Waals surface area contributed by atoms with E-state index >= 15 is 0 Å². The number of ether oxygens (including phenoxy) is 2. The second-order valence-corrected chi connectivity index (χ2v) is 8.45. The molecule has 0 spiro atoms. The number of nitrogens with zero attached hydrogens (tertiary/aromatic N) is 1. The number of hydrogen-bond donors (Lipinski definition) is 3. The molecule has 2 aromatic carbocycles. The largest absolute Gasteiger partial charge is 0.493 e. The molecule has 0 radical (unpaired) electrons. The highest BCUT2D eigenvalue weighted by Crippen LogP contribution is 2.36. The van der Waals surface area contributed by atoms with Crippen LogP contribution in [-0.2, 0) is 9.59 Å². The van der Waals surface area contributed by atoms with Crippen molar-refractivity contribution in [3.8, 4) is 11.5 Å². The monoisotopic (exact) mass is 539 g/mol. The van der Waals surface area contributed by atoms with Crippen LogP contribution in [0.1, 0.15) is 29.8 Å². The van der Waals surface area contributed by atoms with Gasteiger partial charge in [-0.05, 0) is 57.7 Å². The maximum atomic E-state index is 12.6. The Kier molecular flexibility index (Phi) is 9.68. The van der Waals surface area contributed by atoms with Crippen molar-refractivity contribution in [3.05, 3.63) is 57.0 Å². The van der Waals surface area contributed by atoms with Crippen LogP contribution in [0, 0.1) is 5.92 Å². The molecule has 2 rings (SSSR count). The van der Waals surface area contributed by atoms with Crippen molar-refractivity contribution in [2.75, 3.05) is 13.7 Å². The molecule has 33 heavy (non-hydrogen) atoms. The Balaban J connectivity index is 2.09. The summed E-state index contributed by atoms with van der Waals surface area (Å²) in [5, 5.41) is 15.9. The fraction of sp³-hybridized carbons (Fsp3) is 0.273. The molecule has 0 fully saturated rings. The van der Waals surface area contributed by atoms with Crippen LogP contribution < -0.4 is 20.2 Å². The van der Waals surface area contributed by atoms with Crippen LogP contribution in [0.4, 0.5) is 0 Å². The minimum atomic E-state index is -1.13. The van der Waals surface area contributed by atoms with Gasteiger partial charge in [0.1, 0.15) is 6.04 Å². The van der Waals surface area contributed by atoms with Gasteiger partial charge >= 0.3 is 5.97 Å². The number of methoxy groups -OCH3 is 1. The Morgan fingerprint density at radius 1 is 1.24 bits per heavy atom. The molecule has 0 aliphatic heterocycles. The van der Waals surface area contributed by atoms with Gasteiger partial charge in [-0.15, -0.1) is 0 Å². The lowest BCUT2D eigenvalue weighted by Gasteiger charge is -2.20. The van der Waals surface area contributed by atoms with Crippen molar-refractivity contribution in [1.29, 1.82) is 0 Å². The summed E-state index contributed by atoms with van der Waals surface area (Å²) in [6.07, 6.45) is 1.38. The molecule has 1 unspecified atom stereocenters. The number of nitrogens with one attached hydrogen (secondary N) is 2. The Bertz CT molecular complexity index is 1060. The number of halogens is 2. The van der Waals surface area contributed by atoms with E-state index < -0.39 is 30.4 Å². The molecule has 11 heteroatoms. The SMILES string of the molecule is COc1cc(/C=N/NC(=O)C(NC(=O)c2cccc(Cl)c2)C(C)C)cc(Br)c1OCC(=O)O. The van der Waals surface area contributed by atoms with Crippen molar-refractivity contribution in [1.82, 2.24) is 10.7 Å². The van der Waals surface area contributed by atoms with E-state index in [0.717, 1.165) is 0 Å². The summed E-state index contributed by atoms with van der Waals surface area (Å²) in [5.74, 6) is -1.75. The number of amides is 2. The van der Waals surface area contributed by atoms with Gasteiger partial charge in [0, 0.05) is 10.6 Å². The molecule has 0 saturated heterocycles. The first-order chi connectivity index (χ1) is 15.6. The van der Waals surface area contributed by atoms with E-state index in [0.29, 0.717) is 20.6 Å². The second kappa shape index (κ2) is 12.2. The van der Waals surface area contributed by atoms with Gasteiger partial charge < -0.3 is 19.9 Å². The zero-order valence-corrected chi connectivity index (χ0v) is 20.4. The van der Waals surface area contributed by atoms with Crippen LogP contribution in [0.5, 0.6) is 11.5 Å². The van der Waals surface area contributed by atoms with E-state index in [9.17, 15) is 14.4 Å². The van der Waals surface area contributed by atoms with E-state index in [-0.39, 0.29) is 17.4 Å². The summed E-state index contributed by atoms with van der Waals surface area (Å²) >= 11 is 9.23. The van der Waals surface area contributed by atoms with Crippen molar-refractivity contribution >= 4 is 51.5 Å². The third kappa shape index (κ3) is 7.76. The van der Waals surface area contributed by atoms with Gasteiger partial charge in [0.2, 0.25) is 0 Å². The average molecular weight is 541 g/mol. The predicted molar refractivity (Wildman–Crippen MR) is 127 cm³/mol. The van der Waals surface area contributed by atoms with Gasteiger partial charge in [-0.1, -0.05) is 31.5 Å². The lowest BCUT2D eigenvalue weighted by Crippen LogP contribution is -2.48. The minimum absolute atomic E-state index is 0.205. The molecule has 0 saturated carbocycles. The fourth-order valence-electron chi connectivity index (χ4n) is 2.72. The first-order valence-electron chi connectivity index (χ1n) is 9.73. The van der Waals surface area contributed by atoms with Crippen LogP contribution in [0.25, 0.3) is 0 Å². The Hall–Kier alpha value is -3.11. The lowest BCUT2D eigenvalue weighted by atomic mass is 10.0. The van der Waals surface area contributed by atoms with Crippen molar-refractivity contribution in [2.45, 2.75) is 19.9 Å². The van der Waals surface area contributed by atoms with Crippen molar-refractivity contribution < 1.29 is 29.0 Å². The van der Waals surface area contributed by atoms with E-state index in [2.05, 4.69) is 31.8 Å². The summed E-state index contributed by atoms with van der Waals surface area (Å²) in [6, 6.07) is 8.77. The molecule has 0 aliphatic carbocycles. The van der Waals surface area contributed by atoms with Crippen LogP contribution in [0.15, 0.2) is 46.0 Å². The lowest BCUT2D eigenvalue weighted by molar-refractivity contribution is -0.139. The molecular formula is C22H23BrClN3O6. The zero-order chi connectivity index (χ0) is 24.5. The second-order valence-electron chi connectivity index (χ2n) is 7.16. The molecule has 0 aliphatic rings. The Morgan fingerprint density at radius 3 is 2.58 bits per heavy atom. The van der Waals surface area contributed by atoms with E-state index in [4.69, 9.17) is 26.2 Å². The third-order valence-corrected chi connectivity index (χ3v) is 5.13. The fourth-order valence-corrected chi connectivity index (χ4v) is 3.48. The molecule has 176 valence electrons. The number of benzene rings is 2. The quantitative estimate of drug-likeness (QED) is 0.313. The topological polar surface area (TPSA) is 126 Å². The van der Waals surface area contributed by atoms with Crippen molar-refractivity contribution in [2.24, 2.45) is 11.0 Å². The normalized spacial score (nSPS) is 11.8. The van der Waals surface area contributed by atoms with Gasteiger partial charge in [-0.2, -0.15) is 5.10 Å². The number of hydrazone groups is 1. The van der Waals surface area contributed by atoms with Crippen molar-refractivity contribution in [3.63, 3.8) is 0 Å². The highest BCUT2D eigenvalue weighted by atomic mass is 79.9. The Labute approximate surface area is 204 Å². The van der Waals surface area contributed by atoms with E-state index in [1.807, 2.05) is 0 Å². The van der Waals surface area contributed by atoms with E-state index in [1.54, 1.807) is 44.2 Å². The number of carboxylic acids is 1. The number of carbonyl (C=O) groups is 3. The van der Waals surface area contributed by atoms with Crippen LogP contribution >= 0.6 is 27.5 Å². The molecule has 1 atom stereocenters. The first kappa shape index (κ1) is 26.1. The molecule has 2 aromatic rings. The third-order valence-electron chi connectivity index (χ3n) is 4.30. The number of aliphatic carboxylic acids is 1. The van der Waals surface area contributed by atoms with Gasteiger partial charge in [-0.25, -0.2) is 10.2 Å². The first-order valence-corrected chi connectivity index (χ1v) is 10.9. The zero-order valence-electron chi connectivity index (χ0n) is 18.1. The van der Waals surface area contributed by atoms with Crippen LogP contribution in [-0.4, -0.2) is 48.9 Å². The maximum Gasteiger partial charge on any atom is 0.341 e. The molecular weight excluding hydrogens is 518 g/mol. The smallest absolute Gasteiger partial charge is 0.341 e. The molecule has 2 amide bonds. The highest BCUT2D eigenvalue weighted by molar-refractivity contribution is 9.10. The summed E-state index contributed by atoms with van der Waals surface area (Å²) in [5.41, 5.74) is 3.30. The molecule has 0 aromatic heterocycles. The number of carboxylic acid groups (broad SMARTS) is 1.